The summed E-state index contributed by atoms with van der Waals surface area (Å²) >= 11 is 1.27. The van der Waals surface area contributed by atoms with Gasteiger partial charge in [-0.15, -0.1) is 0 Å². The number of benzene rings is 2. The average molecular weight is 266 g/mol. The van der Waals surface area contributed by atoms with E-state index in [1.165, 1.54) is 11.8 Å². The third-order valence-electron chi connectivity index (χ3n) is 2.81. The van der Waals surface area contributed by atoms with E-state index < -0.39 is 0 Å². The van der Waals surface area contributed by atoms with E-state index in [0.29, 0.717) is 5.22 Å². The molecule has 0 aliphatic rings. The Morgan fingerprint density at radius 2 is 1.42 bits per heavy atom. The number of thioether (sulfide) groups is 1. The van der Waals surface area contributed by atoms with Crippen LogP contribution >= 0.6 is 11.8 Å². The first-order valence-electron chi connectivity index (χ1n) is 5.92. The fraction of sp³-hybridized carbons (Fsp3) is 0. The average Bonchev–Trinajstić information content (AvgIpc) is 2.93. The molecule has 1 heterocycles. The van der Waals surface area contributed by atoms with Gasteiger partial charge >= 0.3 is 0 Å². The largest absolute Gasteiger partial charge is 0.431 e. The molecule has 0 unspecified atom stereocenters. The summed E-state index contributed by atoms with van der Waals surface area (Å²) in [6, 6.07) is 20.0. The van der Waals surface area contributed by atoms with Crippen LogP contribution in [0.1, 0.15) is 0 Å². The second kappa shape index (κ2) is 5.33. The van der Waals surface area contributed by atoms with Gasteiger partial charge < -0.3 is 4.42 Å². The molecule has 1 radical (unpaired) electrons. The van der Waals surface area contributed by atoms with Gasteiger partial charge in [0.1, 0.15) is 5.69 Å². The summed E-state index contributed by atoms with van der Waals surface area (Å²) in [5.41, 5.74) is 2.93. The minimum atomic E-state index is 0.581. The Kier molecular flexibility index (Phi) is 3.38. The maximum Gasteiger partial charge on any atom is 0.256 e. The molecular weight excluding hydrogens is 254 g/mol. The summed E-state index contributed by atoms with van der Waals surface area (Å²) in [6.45, 7) is 0. The quantitative estimate of drug-likeness (QED) is 0.631. The van der Waals surface area contributed by atoms with Crippen LogP contribution in [-0.2, 0) is 0 Å². The van der Waals surface area contributed by atoms with Crippen LogP contribution in [0.3, 0.4) is 0 Å². The van der Waals surface area contributed by atoms with Crippen molar-refractivity contribution in [2.45, 2.75) is 5.22 Å². The van der Waals surface area contributed by atoms with Crippen molar-refractivity contribution in [3.05, 3.63) is 66.9 Å². The van der Waals surface area contributed by atoms with Crippen molar-refractivity contribution >= 4 is 11.8 Å². The zero-order valence-corrected chi connectivity index (χ0v) is 11.1. The van der Waals surface area contributed by atoms with Crippen LogP contribution < -0.4 is 0 Å². The highest BCUT2D eigenvalue weighted by Gasteiger charge is 2.15. The van der Waals surface area contributed by atoms with E-state index in [2.05, 4.69) is 11.2 Å². The summed E-state index contributed by atoms with van der Waals surface area (Å²) in [5, 5.41) is 0.581. The Morgan fingerprint density at radius 1 is 0.842 bits per heavy atom. The molecular formula is C16H12NOS. The number of hydrogen-bond acceptors (Lipinski definition) is 3. The van der Waals surface area contributed by atoms with Crippen LogP contribution in [0.5, 0.6) is 0 Å². The molecule has 0 amide bonds. The third kappa shape index (κ3) is 2.42. The topological polar surface area (TPSA) is 26.0 Å². The molecule has 19 heavy (non-hydrogen) atoms. The first kappa shape index (κ1) is 12.1. The number of oxazole rings is 1. The van der Waals surface area contributed by atoms with Crippen molar-refractivity contribution in [1.29, 1.82) is 0 Å². The smallest absolute Gasteiger partial charge is 0.256 e. The van der Waals surface area contributed by atoms with Crippen LogP contribution in [0.2, 0.25) is 0 Å². The van der Waals surface area contributed by atoms with Gasteiger partial charge in [0.15, 0.2) is 5.76 Å². The Hall–Kier alpha value is -2.00. The summed E-state index contributed by atoms with van der Waals surface area (Å²) in [6.07, 6.45) is 3.76. The standard InChI is InChI=1S/C16H12NOS/c1-19-16-17-14(12-8-4-2-5-9-12)15(18-16)13-10-6-3-7-11-13/h2-11H,1H2. The minimum Gasteiger partial charge on any atom is -0.431 e. The van der Waals surface area contributed by atoms with Crippen molar-refractivity contribution in [2.75, 3.05) is 0 Å². The highest BCUT2D eigenvalue weighted by Crippen LogP contribution is 2.34. The maximum absolute atomic E-state index is 5.79. The molecule has 0 N–H and O–H groups in total. The molecule has 0 aliphatic heterocycles. The lowest BCUT2D eigenvalue weighted by Crippen LogP contribution is -1.81. The lowest BCUT2D eigenvalue weighted by molar-refractivity contribution is 0.467. The second-order valence-electron chi connectivity index (χ2n) is 4.03. The molecule has 0 aliphatic carbocycles. The van der Waals surface area contributed by atoms with Gasteiger partial charge in [-0.25, -0.2) is 4.98 Å². The van der Waals surface area contributed by atoms with Gasteiger partial charge in [-0.1, -0.05) is 72.4 Å². The van der Waals surface area contributed by atoms with Gasteiger partial charge in [0.25, 0.3) is 5.22 Å². The molecule has 2 aromatic carbocycles. The molecule has 93 valence electrons. The van der Waals surface area contributed by atoms with Gasteiger partial charge in [-0.3, -0.25) is 0 Å². The van der Waals surface area contributed by atoms with E-state index >= 15 is 0 Å². The summed E-state index contributed by atoms with van der Waals surface area (Å²) < 4.78 is 5.79. The van der Waals surface area contributed by atoms with E-state index in [0.717, 1.165) is 22.6 Å². The van der Waals surface area contributed by atoms with E-state index in [4.69, 9.17) is 4.42 Å². The zero-order valence-electron chi connectivity index (χ0n) is 10.2. The zero-order chi connectivity index (χ0) is 13.1. The van der Waals surface area contributed by atoms with Gasteiger partial charge in [-0.2, -0.15) is 0 Å². The molecule has 1 aromatic heterocycles. The van der Waals surface area contributed by atoms with E-state index in [-0.39, 0.29) is 0 Å². The summed E-state index contributed by atoms with van der Waals surface area (Å²) in [5.74, 6) is 0.790. The Labute approximate surface area is 116 Å². The number of aromatic nitrogens is 1. The van der Waals surface area contributed by atoms with Gasteiger partial charge in [0.2, 0.25) is 0 Å². The first-order chi connectivity index (χ1) is 9.38. The number of hydrogen-bond donors (Lipinski definition) is 0. The lowest BCUT2D eigenvalue weighted by atomic mass is 10.1. The van der Waals surface area contributed by atoms with Crippen molar-refractivity contribution in [2.24, 2.45) is 0 Å². The molecule has 0 bridgehead atoms. The molecule has 3 rings (SSSR count). The first-order valence-corrected chi connectivity index (χ1v) is 6.91. The second-order valence-corrected chi connectivity index (χ2v) is 4.67. The molecule has 0 saturated carbocycles. The van der Waals surface area contributed by atoms with E-state index in [9.17, 15) is 0 Å². The minimum absolute atomic E-state index is 0.581. The maximum atomic E-state index is 5.79. The molecule has 0 fully saturated rings. The van der Waals surface area contributed by atoms with Crippen LogP contribution in [0.15, 0.2) is 70.3 Å². The number of nitrogens with zero attached hydrogens (tertiary/aromatic N) is 1. The Morgan fingerprint density at radius 3 is 2.00 bits per heavy atom. The molecule has 0 saturated heterocycles. The fourth-order valence-electron chi connectivity index (χ4n) is 1.94. The van der Waals surface area contributed by atoms with Crippen molar-refractivity contribution in [1.82, 2.24) is 4.98 Å². The van der Waals surface area contributed by atoms with Crippen molar-refractivity contribution < 1.29 is 4.42 Å². The Balaban J connectivity index is 2.17. The van der Waals surface area contributed by atoms with Crippen LogP contribution in [0, 0.1) is 6.26 Å². The number of rotatable bonds is 3. The van der Waals surface area contributed by atoms with E-state index in [1.54, 1.807) is 0 Å². The molecule has 2 nitrogen and oxygen atoms in total. The Bertz CT molecular complexity index is 605. The van der Waals surface area contributed by atoms with Crippen LogP contribution in [0.25, 0.3) is 22.6 Å². The van der Waals surface area contributed by atoms with Crippen LogP contribution in [-0.4, -0.2) is 4.98 Å². The van der Waals surface area contributed by atoms with Crippen LogP contribution in [0.4, 0.5) is 0 Å². The summed E-state index contributed by atoms with van der Waals surface area (Å²) in [4.78, 5) is 4.51. The van der Waals surface area contributed by atoms with E-state index in [1.807, 2.05) is 60.7 Å². The van der Waals surface area contributed by atoms with Crippen molar-refractivity contribution in [3.8, 4) is 22.6 Å². The predicted molar refractivity (Wildman–Crippen MR) is 78.6 cm³/mol. The van der Waals surface area contributed by atoms with Gasteiger partial charge in [0.05, 0.1) is 0 Å². The fourth-order valence-corrected chi connectivity index (χ4v) is 2.24. The highest BCUT2D eigenvalue weighted by atomic mass is 32.2. The summed E-state index contributed by atoms with van der Waals surface area (Å²) in [7, 11) is 0. The SMILES string of the molecule is [CH2]Sc1nc(-c2ccccc2)c(-c2ccccc2)o1. The monoisotopic (exact) mass is 266 g/mol. The molecule has 3 heteroatoms. The normalized spacial score (nSPS) is 10.6. The molecule has 0 spiro atoms. The van der Waals surface area contributed by atoms with Gasteiger partial charge in [0, 0.05) is 17.4 Å². The van der Waals surface area contributed by atoms with Crippen molar-refractivity contribution in [3.63, 3.8) is 0 Å². The third-order valence-corrected chi connectivity index (χ3v) is 3.24. The predicted octanol–water partition coefficient (Wildman–Crippen LogP) is 4.89. The highest BCUT2D eigenvalue weighted by molar-refractivity contribution is 8.00. The molecule has 0 atom stereocenters. The molecule has 3 aromatic rings. The lowest BCUT2D eigenvalue weighted by Gasteiger charge is -2.00. The van der Waals surface area contributed by atoms with Gasteiger partial charge in [-0.05, 0) is 0 Å².